The predicted molar refractivity (Wildman–Crippen MR) is 52.6 cm³/mol. The van der Waals surface area contributed by atoms with Gasteiger partial charge in [-0.3, -0.25) is 4.79 Å². The number of nitrogens with zero attached hydrogens (tertiary/aromatic N) is 3. The van der Waals surface area contributed by atoms with Gasteiger partial charge in [-0.2, -0.15) is 4.98 Å². The molecule has 0 aromatic carbocycles. The second-order valence-corrected chi connectivity index (χ2v) is 3.14. The van der Waals surface area contributed by atoms with Crippen LogP contribution in [-0.2, 0) is 13.0 Å². The van der Waals surface area contributed by atoms with Crippen LogP contribution >= 0.6 is 0 Å². The van der Waals surface area contributed by atoms with Gasteiger partial charge in [-0.05, 0) is 12.1 Å². The zero-order valence-electron chi connectivity index (χ0n) is 8.38. The van der Waals surface area contributed by atoms with Crippen LogP contribution in [0.4, 0.5) is 0 Å². The zero-order valence-corrected chi connectivity index (χ0v) is 8.38. The molecule has 2 aromatic heterocycles. The minimum absolute atomic E-state index is 0.439. The Morgan fingerprint density at radius 3 is 3.13 bits per heavy atom. The number of carbonyl (C=O) groups is 1. The first-order valence-corrected chi connectivity index (χ1v) is 4.75. The number of hydrogen-bond donors (Lipinski definition) is 0. The van der Waals surface area contributed by atoms with Gasteiger partial charge >= 0.3 is 0 Å². The van der Waals surface area contributed by atoms with Gasteiger partial charge in [0.1, 0.15) is 6.54 Å². The summed E-state index contributed by atoms with van der Waals surface area (Å²) in [6, 6.07) is 3.55. The molecule has 0 N–H and O–H groups in total. The minimum Gasteiger partial charge on any atom is -0.337 e. The molecule has 78 valence electrons. The molecule has 0 spiro atoms. The first-order chi connectivity index (χ1) is 7.33. The molecule has 2 aromatic rings. The molecule has 0 bridgehead atoms. The SMILES string of the molecule is CCc1noc(Cn2cccc2C=O)n1. The Kier molecular flexibility index (Phi) is 2.62. The Bertz CT molecular complexity index is 459. The molecule has 5 heteroatoms. The van der Waals surface area contributed by atoms with E-state index in [9.17, 15) is 4.79 Å². The van der Waals surface area contributed by atoms with Gasteiger partial charge in [0, 0.05) is 12.6 Å². The van der Waals surface area contributed by atoms with Crippen molar-refractivity contribution in [2.24, 2.45) is 0 Å². The quantitative estimate of drug-likeness (QED) is 0.706. The second kappa shape index (κ2) is 4.08. The van der Waals surface area contributed by atoms with Crippen LogP contribution in [0.3, 0.4) is 0 Å². The Morgan fingerprint density at radius 2 is 2.47 bits per heavy atom. The minimum atomic E-state index is 0.439. The molecule has 0 aliphatic carbocycles. The van der Waals surface area contributed by atoms with Crippen molar-refractivity contribution in [3.8, 4) is 0 Å². The lowest BCUT2D eigenvalue weighted by Crippen LogP contribution is -2.02. The Morgan fingerprint density at radius 1 is 1.60 bits per heavy atom. The molecule has 2 rings (SSSR count). The van der Waals surface area contributed by atoms with E-state index in [4.69, 9.17) is 4.52 Å². The van der Waals surface area contributed by atoms with Gasteiger partial charge in [0.25, 0.3) is 0 Å². The molecule has 0 amide bonds. The van der Waals surface area contributed by atoms with Gasteiger partial charge in [0.05, 0.1) is 5.69 Å². The van der Waals surface area contributed by atoms with Gasteiger partial charge in [0.15, 0.2) is 12.1 Å². The average Bonchev–Trinajstić information content (AvgIpc) is 2.87. The summed E-state index contributed by atoms with van der Waals surface area (Å²) in [4.78, 5) is 14.8. The summed E-state index contributed by atoms with van der Waals surface area (Å²) in [7, 11) is 0. The van der Waals surface area contributed by atoms with E-state index in [0.29, 0.717) is 24.0 Å². The van der Waals surface area contributed by atoms with Crippen LogP contribution in [0, 0.1) is 0 Å². The first kappa shape index (κ1) is 9.64. The molecular weight excluding hydrogens is 194 g/mol. The fourth-order valence-electron chi connectivity index (χ4n) is 1.32. The monoisotopic (exact) mass is 205 g/mol. The smallest absolute Gasteiger partial charge is 0.246 e. The van der Waals surface area contributed by atoms with Crippen LogP contribution < -0.4 is 0 Å². The zero-order chi connectivity index (χ0) is 10.7. The highest BCUT2D eigenvalue weighted by molar-refractivity contribution is 5.72. The van der Waals surface area contributed by atoms with Crippen LogP contribution in [-0.4, -0.2) is 21.0 Å². The van der Waals surface area contributed by atoms with Crippen LogP contribution in [0.25, 0.3) is 0 Å². The summed E-state index contributed by atoms with van der Waals surface area (Å²) >= 11 is 0. The van der Waals surface area contributed by atoms with Gasteiger partial charge in [-0.25, -0.2) is 0 Å². The Balaban J connectivity index is 2.17. The van der Waals surface area contributed by atoms with Crippen molar-refractivity contribution in [2.45, 2.75) is 19.9 Å². The average molecular weight is 205 g/mol. The first-order valence-electron chi connectivity index (χ1n) is 4.75. The third-order valence-corrected chi connectivity index (χ3v) is 2.12. The van der Waals surface area contributed by atoms with E-state index < -0.39 is 0 Å². The summed E-state index contributed by atoms with van der Waals surface area (Å²) in [5.74, 6) is 1.20. The number of aryl methyl sites for hydroxylation is 1. The fourth-order valence-corrected chi connectivity index (χ4v) is 1.32. The third-order valence-electron chi connectivity index (χ3n) is 2.12. The second-order valence-electron chi connectivity index (χ2n) is 3.14. The number of rotatable bonds is 4. The molecule has 0 atom stereocenters. The molecule has 5 nitrogen and oxygen atoms in total. The standard InChI is InChI=1S/C10H11N3O2/c1-2-9-11-10(15-12-9)6-13-5-3-4-8(13)7-14/h3-5,7H,2,6H2,1H3. The van der Waals surface area contributed by atoms with Gasteiger partial charge in [-0.15, -0.1) is 0 Å². The van der Waals surface area contributed by atoms with E-state index in [1.807, 2.05) is 6.92 Å². The largest absolute Gasteiger partial charge is 0.337 e. The van der Waals surface area contributed by atoms with Crippen LogP contribution in [0.5, 0.6) is 0 Å². The third kappa shape index (κ3) is 1.96. The van der Waals surface area contributed by atoms with Crippen molar-refractivity contribution in [3.05, 3.63) is 35.7 Å². The molecule has 0 saturated carbocycles. The van der Waals surface area contributed by atoms with Crippen molar-refractivity contribution in [1.82, 2.24) is 14.7 Å². The predicted octanol–water partition coefficient (Wildman–Crippen LogP) is 1.29. The van der Waals surface area contributed by atoms with Gasteiger partial charge in [0.2, 0.25) is 5.89 Å². The van der Waals surface area contributed by atoms with Crippen LogP contribution in [0.15, 0.2) is 22.9 Å². The number of aldehydes is 1. The van der Waals surface area contributed by atoms with Gasteiger partial charge in [-0.1, -0.05) is 12.1 Å². The van der Waals surface area contributed by atoms with Crippen molar-refractivity contribution in [3.63, 3.8) is 0 Å². The molecule has 0 radical (unpaired) electrons. The number of carbonyl (C=O) groups excluding carboxylic acids is 1. The molecule has 2 heterocycles. The molecule has 0 aliphatic rings. The van der Waals surface area contributed by atoms with Crippen LogP contribution in [0.1, 0.15) is 29.1 Å². The number of hydrogen-bond acceptors (Lipinski definition) is 4. The summed E-state index contributed by atoms with van der Waals surface area (Å²) in [6.07, 6.45) is 3.35. The highest BCUT2D eigenvalue weighted by Crippen LogP contribution is 2.05. The maximum atomic E-state index is 10.7. The summed E-state index contributed by atoms with van der Waals surface area (Å²) in [5, 5.41) is 3.78. The summed E-state index contributed by atoms with van der Waals surface area (Å²) < 4.78 is 6.79. The van der Waals surface area contributed by atoms with Crippen molar-refractivity contribution in [1.29, 1.82) is 0 Å². The Hall–Kier alpha value is -1.91. The highest BCUT2D eigenvalue weighted by atomic mass is 16.5. The van der Waals surface area contributed by atoms with E-state index in [1.165, 1.54) is 0 Å². The molecule has 0 fully saturated rings. The Labute approximate surface area is 86.7 Å². The maximum Gasteiger partial charge on any atom is 0.246 e. The maximum absolute atomic E-state index is 10.7. The lowest BCUT2D eigenvalue weighted by atomic mass is 10.4. The summed E-state index contributed by atoms with van der Waals surface area (Å²) in [6.45, 7) is 2.40. The van der Waals surface area contributed by atoms with Crippen molar-refractivity contribution >= 4 is 6.29 Å². The van der Waals surface area contributed by atoms with E-state index in [1.54, 1.807) is 22.9 Å². The molecule has 0 unspecified atom stereocenters. The van der Waals surface area contributed by atoms with E-state index in [2.05, 4.69) is 10.1 Å². The topological polar surface area (TPSA) is 60.9 Å². The molecule has 0 aliphatic heterocycles. The summed E-state index contributed by atoms with van der Waals surface area (Å²) in [5.41, 5.74) is 0.603. The molecule has 0 saturated heterocycles. The number of aromatic nitrogens is 3. The van der Waals surface area contributed by atoms with Crippen molar-refractivity contribution in [2.75, 3.05) is 0 Å². The normalized spacial score (nSPS) is 10.5. The van der Waals surface area contributed by atoms with Crippen LogP contribution in [0.2, 0.25) is 0 Å². The van der Waals surface area contributed by atoms with E-state index in [-0.39, 0.29) is 0 Å². The van der Waals surface area contributed by atoms with E-state index in [0.717, 1.165) is 12.7 Å². The lowest BCUT2D eigenvalue weighted by Gasteiger charge is -1.99. The van der Waals surface area contributed by atoms with E-state index >= 15 is 0 Å². The molecular formula is C10H11N3O2. The highest BCUT2D eigenvalue weighted by Gasteiger charge is 2.06. The van der Waals surface area contributed by atoms with Crippen molar-refractivity contribution < 1.29 is 9.32 Å². The fraction of sp³-hybridized carbons (Fsp3) is 0.300. The molecule has 15 heavy (non-hydrogen) atoms. The lowest BCUT2D eigenvalue weighted by molar-refractivity contribution is 0.111. The van der Waals surface area contributed by atoms with Gasteiger partial charge < -0.3 is 9.09 Å².